The molecule has 1 unspecified atom stereocenters. The second kappa shape index (κ2) is 9.75. The number of carbonyl (C=O) groups is 2. The predicted octanol–water partition coefficient (Wildman–Crippen LogP) is 2.83. The van der Waals surface area contributed by atoms with Crippen molar-refractivity contribution in [3.8, 4) is 0 Å². The first-order chi connectivity index (χ1) is 16.2. The number of hydrogen-bond donors (Lipinski definition) is 1. The van der Waals surface area contributed by atoms with E-state index >= 15 is 0 Å². The number of carbonyl (C=O) groups excluding carboxylic acids is 2. The van der Waals surface area contributed by atoms with Gasteiger partial charge in [0.25, 0.3) is 5.91 Å². The molecule has 10 nitrogen and oxygen atoms in total. The summed E-state index contributed by atoms with van der Waals surface area (Å²) in [5, 5.41) is 13.7. The Morgan fingerprint density at radius 2 is 1.91 bits per heavy atom. The van der Waals surface area contributed by atoms with Gasteiger partial charge in [-0.3, -0.25) is 19.8 Å². The third-order valence-electron chi connectivity index (χ3n) is 5.51. The molecule has 3 heterocycles. The molecule has 0 bridgehead atoms. The number of alkyl halides is 2. The number of anilines is 3. The monoisotopic (exact) mass is 499 g/mol. The largest absolute Gasteiger partial charge is 0.442 e. The maximum absolute atomic E-state index is 14.9. The van der Waals surface area contributed by atoms with Gasteiger partial charge in [0.15, 0.2) is 0 Å². The second-order valence-electron chi connectivity index (χ2n) is 7.64. The van der Waals surface area contributed by atoms with Crippen LogP contribution < -0.4 is 20.0 Å². The number of rotatable bonds is 7. The van der Waals surface area contributed by atoms with Crippen molar-refractivity contribution in [2.45, 2.75) is 12.5 Å². The fraction of sp³-hybridized carbons (Fsp3) is 0.400. The van der Waals surface area contributed by atoms with Gasteiger partial charge in [-0.1, -0.05) is 0 Å². The fourth-order valence-electron chi connectivity index (χ4n) is 3.80. The lowest BCUT2D eigenvalue weighted by Crippen LogP contribution is -2.46. The van der Waals surface area contributed by atoms with Gasteiger partial charge < -0.3 is 19.9 Å². The molecule has 14 heteroatoms. The number of nitrogens with one attached hydrogen (secondary N) is 1. The molecule has 1 aromatic carbocycles. The molecule has 1 aromatic heterocycles. The lowest BCUT2D eigenvalue weighted by molar-refractivity contribution is -0.380. The van der Waals surface area contributed by atoms with Crippen molar-refractivity contribution in [1.29, 1.82) is 0 Å². The Morgan fingerprint density at radius 3 is 2.53 bits per heavy atom. The molecule has 2 aliphatic rings. The Labute approximate surface area is 195 Å². The standard InChI is InChI=1S/C20H20F3N5O5S/c21-14-9-12(27-11-13(33-20(27)30)10-24-19(29)18(22)23)1-2-15(14)25-5-7-26(8-6-25)16-3-4-17(34-16)28(31)32/h1-4,9,13,18H,5-8,10-11H2,(H,24,29). The molecular weight excluding hydrogens is 479 g/mol. The second-order valence-corrected chi connectivity index (χ2v) is 8.68. The van der Waals surface area contributed by atoms with Crippen LogP contribution in [-0.4, -0.2) is 68.7 Å². The van der Waals surface area contributed by atoms with Crippen LogP contribution in [0.1, 0.15) is 0 Å². The molecule has 34 heavy (non-hydrogen) atoms. The van der Waals surface area contributed by atoms with Crippen LogP contribution in [0.3, 0.4) is 0 Å². The van der Waals surface area contributed by atoms with Crippen LogP contribution in [-0.2, 0) is 9.53 Å². The molecule has 2 saturated heterocycles. The van der Waals surface area contributed by atoms with E-state index in [-0.39, 0.29) is 23.8 Å². The van der Waals surface area contributed by atoms with Gasteiger partial charge in [0.2, 0.25) is 0 Å². The number of benzene rings is 1. The van der Waals surface area contributed by atoms with E-state index in [0.717, 1.165) is 16.3 Å². The van der Waals surface area contributed by atoms with Crippen molar-refractivity contribution in [2.24, 2.45) is 0 Å². The van der Waals surface area contributed by atoms with Crippen LogP contribution in [0.4, 0.5) is 39.3 Å². The molecule has 4 rings (SSSR count). The van der Waals surface area contributed by atoms with Gasteiger partial charge in [-0.05, 0) is 35.6 Å². The summed E-state index contributed by atoms with van der Waals surface area (Å²) in [5.41, 5.74) is 0.604. The number of hydrogen-bond acceptors (Lipinski definition) is 8. The summed E-state index contributed by atoms with van der Waals surface area (Å²) < 4.78 is 44.6. The molecule has 0 radical (unpaired) electrons. The van der Waals surface area contributed by atoms with Gasteiger partial charge >= 0.3 is 17.5 Å². The van der Waals surface area contributed by atoms with Crippen molar-refractivity contribution in [3.05, 3.63) is 46.3 Å². The van der Waals surface area contributed by atoms with Crippen LogP contribution in [0, 0.1) is 15.9 Å². The summed E-state index contributed by atoms with van der Waals surface area (Å²) in [5.74, 6) is -2.00. The van der Waals surface area contributed by atoms with Gasteiger partial charge in [-0.2, -0.15) is 8.78 Å². The molecule has 1 atom stereocenters. The highest BCUT2D eigenvalue weighted by Gasteiger charge is 2.33. The average Bonchev–Trinajstić information content (AvgIpc) is 3.45. The van der Waals surface area contributed by atoms with Crippen molar-refractivity contribution in [3.63, 3.8) is 0 Å². The first kappa shape index (κ1) is 23.6. The Balaban J connectivity index is 1.35. The van der Waals surface area contributed by atoms with Gasteiger partial charge in [0, 0.05) is 32.2 Å². The van der Waals surface area contributed by atoms with Crippen molar-refractivity contribution in [2.75, 3.05) is 54.0 Å². The summed E-state index contributed by atoms with van der Waals surface area (Å²) >= 11 is 1.10. The Morgan fingerprint density at radius 1 is 1.21 bits per heavy atom. The molecule has 182 valence electrons. The Hall–Kier alpha value is -3.55. The number of nitro groups is 1. The summed E-state index contributed by atoms with van der Waals surface area (Å²) in [6.45, 7) is 1.82. The number of piperazine rings is 1. The van der Waals surface area contributed by atoms with Crippen molar-refractivity contribution >= 4 is 44.7 Å². The minimum atomic E-state index is -3.17. The minimum absolute atomic E-state index is 0.0211. The van der Waals surface area contributed by atoms with E-state index in [1.54, 1.807) is 18.2 Å². The van der Waals surface area contributed by atoms with Crippen LogP contribution in [0.5, 0.6) is 0 Å². The summed E-state index contributed by atoms with van der Waals surface area (Å²) in [6, 6.07) is 7.48. The van der Waals surface area contributed by atoms with Gasteiger partial charge in [-0.15, -0.1) is 0 Å². The molecule has 0 saturated carbocycles. The smallest absolute Gasteiger partial charge is 0.414 e. The van der Waals surface area contributed by atoms with Gasteiger partial charge in [0.1, 0.15) is 11.9 Å². The first-order valence-corrected chi connectivity index (χ1v) is 11.1. The number of cyclic esters (lactones) is 1. The van der Waals surface area contributed by atoms with Crippen LogP contribution in [0.25, 0.3) is 0 Å². The van der Waals surface area contributed by atoms with E-state index in [1.807, 2.05) is 15.1 Å². The number of thiophene rings is 1. The highest BCUT2D eigenvalue weighted by Crippen LogP contribution is 2.33. The quantitative estimate of drug-likeness (QED) is 0.461. The SMILES string of the molecule is O=C(NCC1CN(c2ccc(N3CCN(c4ccc([N+](=O)[O-])s4)CC3)c(F)c2)C(=O)O1)C(F)F. The molecule has 1 N–H and O–H groups in total. The summed E-state index contributed by atoms with van der Waals surface area (Å²) in [6.07, 6.45) is -4.76. The third-order valence-corrected chi connectivity index (χ3v) is 6.61. The van der Waals surface area contributed by atoms with Crippen LogP contribution in [0.15, 0.2) is 30.3 Å². The van der Waals surface area contributed by atoms with E-state index in [2.05, 4.69) is 0 Å². The Kier molecular flexibility index (Phi) is 6.77. The van der Waals surface area contributed by atoms with Crippen LogP contribution >= 0.6 is 11.3 Å². The zero-order valence-electron chi connectivity index (χ0n) is 17.7. The van der Waals surface area contributed by atoms with Gasteiger partial charge in [0.05, 0.1) is 34.4 Å². The summed E-state index contributed by atoms with van der Waals surface area (Å²) in [7, 11) is 0. The van der Waals surface area contributed by atoms with E-state index in [9.17, 15) is 32.9 Å². The topological polar surface area (TPSA) is 108 Å². The van der Waals surface area contributed by atoms with Crippen LogP contribution in [0.2, 0.25) is 0 Å². The molecule has 2 fully saturated rings. The molecule has 2 aliphatic heterocycles. The van der Waals surface area contributed by atoms with E-state index in [1.165, 1.54) is 17.0 Å². The molecule has 0 spiro atoms. The average molecular weight is 499 g/mol. The van der Waals surface area contributed by atoms with E-state index < -0.39 is 35.3 Å². The lowest BCUT2D eigenvalue weighted by Gasteiger charge is -2.36. The third kappa shape index (κ3) is 5.00. The number of amides is 2. The maximum atomic E-state index is 14.9. The van der Waals surface area contributed by atoms with Crippen molar-refractivity contribution in [1.82, 2.24) is 5.32 Å². The predicted molar refractivity (Wildman–Crippen MR) is 118 cm³/mol. The minimum Gasteiger partial charge on any atom is -0.442 e. The maximum Gasteiger partial charge on any atom is 0.414 e. The zero-order valence-corrected chi connectivity index (χ0v) is 18.5. The molecule has 2 aromatic rings. The molecular formula is C20H20F3N5O5S. The summed E-state index contributed by atoms with van der Waals surface area (Å²) in [4.78, 5) is 38.6. The lowest BCUT2D eigenvalue weighted by atomic mass is 10.2. The van der Waals surface area contributed by atoms with Crippen molar-refractivity contribution < 1.29 is 32.4 Å². The highest BCUT2D eigenvalue weighted by molar-refractivity contribution is 7.19. The zero-order chi connectivity index (χ0) is 24.4. The Bertz CT molecular complexity index is 1090. The normalized spacial score (nSPS) is 18.4. The number of ether oxygens (including phenoxy) is 1. The number of halogens is 3. The first-order valence-electron chi connectivity index (χ1n) is 10.3. The molecule has 0 aliphatic carbocycles. The van der Waals surface area contributed by atoms with E-state index in [4.69, 9.17) is 4.74 Å². The molecule has 2 amide bonds. The fourth-order valence-corrected chi connectivity index (χ4v) is 4.68. The number of nitrogens with zero attached hydrogens (tertiary/aromatic N) is 4. The highest BCUT2D eigenvalue weighted by atomic mass is 32.1. The van der Waals surface area contributed by atoms with E-state index in [0.29, 0.717) is 31.9 Å². The van der Waals surface area contributed by atoms with Gasteiger partial charge in [-0.25, -0.2) is 9.18 Å².